The molecule has 104 valence electrons. The lowest BCUT2D eigenvalue weighted by atomic mass is 10.2. The van der Waals surface area contributed by atoms with Crippen molar-refractivity contribution in [2.24, 2.45) is 5.73 Å². The van der Waals surface area contributed by atoms with Crippen LogP contribution >= 0.6 is 15.9 Å². The van der Waals surface area contributed by atoms with Gasteiger partial charge in [-0.2, -0.15) is 0 Å². The van der Waals surface area contributed by atoms with Gasteiger partial charge in [0.1, 0.15) is 0 Å². The molecule has 0 aliphatic heterocycles. The van der Waals surface area contributed by atoms with Crippen molar-refractivity contribution in [1.82, 2.24) is 0 Å². The number of methoxy groups -OCH3 is 1. The number of benzene rings is 1. The van der Waals surface area contributed by atoms with Crippen molar-refractivity contribution < 1.29 is 9.47 Å². The van der Waals surface area contributed by atoms with Gasteiger partial charge in [-0.1, -0.05) is 12.2 Å². The number of ether oxygens (including phenoxy) is 2. The van der Waals surface area contributed by atoms with Crippen LogP contribution in [0.2, 0.25) is 0 Å². The van der Waals surface area contributed by atoms with Crippen LogP contribution in [0.25, 0.3) is 6.08 Å². The highest BCUT2D eigenvalue weighted by Gasteiger charge is 2.19. The molecule has 2 rings (SSSR count). The highest BCUT2D eigenvalue weighted by molar-refractivity contribution is 9.10. The lowest BCUT2D eigenvalue weighted by Crippen LogP contribution is -2.11. The van der Waals surface area contributed by atoms with E-state index in [0.29, 0.717) is 12.6 Å². The summed E-state index contributed by atoms with van der Waals surface area (Å²) in [6.07, 6.45) is 8.99. The fourth-order valence-electron chi connectivity index (χ4n) is 2.36. The quantitative estimate of drug-likeness (QED) is 0.896. The van der Waals surface area contributed by atoms with E-state index in [2.05, 4.69) is 15.9 Å². The zero-order valence-electron chi connectivity index (χ0n) is 11.2. The van der Waals surface area contributed by atoms with E-state index < -0.39 is 0 Å². The van der Waals surface area contributed by atoms with Gasteiger partial charge in [-0.3, -0.25) is 0 Å². The van der Waals surface area contributed by atoms with Crippen LogP contribution in [0.3, 0.4) is 0 Å². The molecule has 0 spiro atoms. The van der Waals surface area contributed by atoms with E-state index in [9.17, 15) is 0 Å². The van der Waals surface area contributed by atoms with Gasteiger partial charge in [0.25, 0.3) is 0 Å². The molecule has 1 aromatic carbocycles. The Labute approximate surface area is 122 Å². The van der Waals surface area contributed by atoms with Crippen LogP contribution in [0.1, 0.15) is 31.2 Å². The van der Waals surface area contributed by atoms with Crippen LogP contribution in [0, 0.1) is 0 Å². The van der Waals surface area contributed by atoms with Gasteiger partial charge in [0.2, 0.25) is 0 Å². The first-order chi connectivity index (χ1) is 9.24. The molecule has 1 aromatic rings. The molecule has 19 heavy (non-hydrogen) atoms. The molecule has 0 amide bonds. The van der Waals surface area contributed by atoms with Crippen LogP contribution < -0.4 is 15.2 Å². The van der Waals surface area contributed by atoms with Crippen molar-refractivity contribution in [2.75, 3.05) is 13.7 Å². The molecule has 0 aromatic heterocycles. The van der Waals surface area contributed by atoms with Crippen LogP contribution in [0.15, 0.2) is 22.7 Å². The highest BCUT2D eigenvalue weighted by atomic mass is 79.9. The van der Waals surface area contributed by atoms with Gasteiger partial charge in [0.05, 0.1) is 17.7 Å². The Kier molecular flexibility index (Phi) is 5.28. The minimum Gasteiger partial charge on any atom is -0.492 e. The fourth-order valence-corrected chi connectivity index (χ4v) is 2.98. The summed E-state index contributed by atoms with van der Waals surface area (Å²) in [4.78, 5) is 0. The molecule has 1 aliphatic carbocycles. The van der Waals surface area contributed by atoms with E-state index in [0.717, 1.165) is 34.4 Å². The van der Waals surface area contributed by atoms with E-state index in [4.69, 9.17) is 15.2 Å². The second-order valence-electron chi connectivity index (χ2n) is 4.70. The maximum Gasteiger partial charge on any atom is 0.174 e. The summed E-state index contributed by atoms with van der Waals surface area (Å²) in [7, 11) is 1.66. The fraction of sp³-hybridized carbons (Fsp3) is 0.467. The predicted octanol–water partition coefficient (Wildman–Crippen LogP) is 3.75. The Morgan fingerprint density at radius 3 is 2.74 bits per heavy atom. The van der Waals surface area contributed by atoms with Crippen molar-refractivity contribution in [3.8, 4) is 11.5 Å². The van der Waals surface area contributed by atoms with E-state index >= 15 is 0 Å². The molecule has 0 heterocycles. The molecular formula is C15H20BrNO2. The zero-order chi connectivity index (χ0) is 13.7. The Bertz CT molecular complexity index is 454. The lowest BCUT2D eigenvalue weighted by Gasteiger charge is -2.17. The summed E-state index contributed by atoms with van der Waals surface area (Å²) in [5, 5.41) is 0. The molecule has 1 aliphatic rings. The van der Waals surface area contributed by atoms with Gasteiger partial charge in [-0.25, -0.2) is 0 Å². The van der Waals surface area contributed by atoms with Crippen LogP contribution in [0.4, 0.5) is 0 Å². The molecular weight excluding hydrogens is 306 g/mol. The number of nitrogens with two attached hydrogens (primary N) is 1. The molecule has 0 atom stereocenters. The summed E-state index contributed by atoms with van der Waals surface area (Å²) in [5.41, 5.74) is 6.55. The van der Waals surface area contributed by atoms with Crippen LogP contribution in [-0.4, -0.2) is 19.8 Å². The average Bonchev–Trinajstić information content (AvgIpc) is 2.89. The minimum absolute atomic E-state index is 0.314. The van der Waals surface area contributed by atoms with Gasteiger partial charge in [-0.15, -0.1) is 0 Å². The van der Waals surface area contributed by atoms with Crippen molar-refractivity contribution >= 4 is 22.0 Å². The lowest BCUT2D eigenvalue weighted by molar-refractivity contribution is 0.200. The van der Waals surface area contributed by atoms with Crippen molar-refractivity contribution in [3.63, 3.8) is 0 Å². The van der Waals surface area contributed by atoms with E-state index in [-0.39, 0.29) is 0 Å². The number of hydrogen-bond acceptors (Lipinski definition) is 3. The first-order valence-corrected chi connectivity index (χ1v) is 7.44. The maximum absolute atomic E-state index is 6.08. The van der Waals surface area contributed by atoms with Crippen molar-refractivity contribution in [1.29, 1.82) is 0 Å². The summed E-state index contributed by atoms with van der Waals surface area (Å²) in [5.74, 6) is 1.57. The maximum atomic E-state index is 6.08. The summed E-state index contributed by atoms with van der Waals surface area (Å²) in [6.45, 7) is 0.530. The first-order valence-electron chi connectivity index (χ1n) is 6.65. The average molecular weight is 326 g/mol. The number of rotatable bonds is 5. The summed E-state index contributed by atoms with van der Waals surface area (Å²) >= 11 is 3.53. The summed E-state index contributed by atoms with van der Waals surface area (Å²) in [6, 6.07) is 4.01. The minimum atomic E-state index is 0.314. The Morgan fingerprint density at radius 2 is 2.11 bits per heavy atom. The normalized spacial score (nSPS) is 16.2. The Morgan fingerprint density at radius 1 is 1.37 bits per heavy atom. The molecule has 0 radical (unpaired) electrons. The van der Waals surface area contributed by atoms with Gasteiger partial charge >= 0.3 is 0 Å². The second-order valence-corrected chi connectivity index (χ2v) is 5.55. The third kappa shape index (κ3) is 3.74. The van der Waals surface area contributed by atoms with Crippen LogP contribution in [-0.2, 0) is 0 Å². The second kappa shape index (κ2) is 6.96. The van der Waals surface area contributed by atoms with Gasteiger partial charge < -0.3 is 15.2 Å². The predicted molar refractivity (Wildman–Crippen MR) is 81.7 cm³/mol. The molecule has 1 fully saturated rings. The van der Waals surface area contributed by atoms with Crippen molar-refractivity contribution in [2.45, 2.75) is 31.8 Å². The molecule has 1 saturated carbocycles. The zero-order valence-corrected chi connectivity index (χ0v) is 12.8. The molecule has 2 N–H and O–H groups in total. The monoisotopic (exact) mass is 325 g/mol. The van der Waals surface area contributed by atoms with Gasteiger partial charge in [-0.05, 0) is 59.3 Å². The summed E-state index contributed by atoms with van der Waals surface area (Å²) < 4.78 is 12.4. The van der Waals surface area contributed by atoms with Gasteiger partial charge in [0, 0.05) is 6.54 Å². The Balaban J connectivity index is 2.26. The molecule has 4 heteroatoms. The Hall–Kier alpha value is -1.00. The standard InChI is InChI=1S/C15H20BrNO2/c1-18-15-13(16)9-11(5-4-8-17)10-14(15)19-12-6-2-3-7-12/h4-5,9-10,12H,2-3,6-8,17H2,1H3/b5-4+. The number of hydrogen-bond donors (Lipinski definition) is 1. The molecule has 0 saturated heterocycles. The highest BCUT2D eigenvalue weighted by Crippen LogP contribution is 2.38. The molecule has 3 nitrogen and oxygen atoms in total. The van der Waals surface area contributed by atoms with Crippen molar-refractivity contribution in [3.05, 3.63) is 28.2 Å². The SMILES string of the molecule is COc1c(Br)cc(/C=C/CN)cc1OC1CCCC1. The third-order valence-corrected chi connectivity index (χ3v) is 3.87. The largest absolute Gasteiger partial charge is 0.492 e. The smallest absolute Gasteiger partial charge is 0.174 e. The van der Waals surface area contributed by atoms with E-state index in [1.807, 2.05) is 24.3 Å². The molecule has 0 unspecified atom stereocenters. The number of halogens is 1. The first kappa shape index (κ1) is 14.4. The third-order valence-electron chi connectivity index (χ3n) is 3.28. The van der Waals surface area contributed by atoms with E-state index in [1.54, 1.807) is 7.11 Å². The topological polar surface area (TPSA) is 44.5 Å². The van der Waals surface area contributed by atoms with E-state index in [1.165, 1.54) is 12.8 Å². The van der Waals surface area contributed by atoms with Crippen LogP contribution in [0.5, 0.6) is 11.5 Å². The molecule has 0 bridgehead atoms. The van der Waals surface area contributed by atoms with Gasteiger partial charge in [0.15, 0.2) is 11.5 Å².